The number of hydrogen-bond acceptors (Lipinski definition) is 6. The third-order valence-electron chi connectivity index (χ3n) is 5.95. The van der Waals surface area contributed by atoms with E-state index in [-0.39, 0.29) is 33.8 Å². The second kappa shape index (κ2) is 7.76. The van der Waals surface area contributed by atoms with E-state index in [2.05, 4.69) is 4.90 Å². The summed E-state index contributed by atoms with van der Waals surface area (Å²) < 4.78 is 38.1. The zero-order valence-electron chi connectivity index (χ0n) is 17.9. The average molecular weight is 450 g/mol. The predicted molar refractivity (Wildman–Crippen MR) is 121 cm³/mol. The number of likely N-dealkylation sites (N-methyl/N-ethyl adjacent to an activating group) is 1. The van der Waals surface area contributed by atoms with Crippen LogP contribution in [0.3, 0.4) is 0 Å². The molecule has 1 aliphatic heterocycles. The molecule has 0 spiro atoms. The Morgan fingerprint density at radius 2 is 1.66 bits per heavy atom. The highest BCUT2D eigenvalue weighted by atomic mass is 32.2. The van der Waals surface area contributed by atoms with Crippen LogP contribution in [0.4, 0.5) is 0 Å². The molecule has 0 saturated carbocycles. The molecule has 1 saturated heterocycles. The number of benzene rings is 3. The SMILES string of the molecule is Cc1ccc(S(=O)(=O)Oc2c(O[C@H]3CCN(C)C3)ccc3c2C(=O)c2ccccc2-3)cc1. The Morgan fingerprint density at radius 3 is 2.34 bits per heavy atom. The third kappa shape index (κ3) is 3.57. The summed E-state index contributed by atoms with van der Waals surface area (Å²) in [7, 11) is -2.17. The van der Waals surface area contributed by atoms with Crippen molar-refractivity contribution in [3.63, 3.8) is 0 Å². The molecule has 32 heavy (non-hydrogen) atoms. The van der Waals surface area contributed by atoms with Gasteiger partial charge in [-0.05, 0) is 55.8 Å². The van der Waals surface area contributed by atoms with Crippen LogP contribution in [0.1, 0.15) is 27.9 Å². The molecule has 0 N–H and O–H groups in total. The molecule has 164 valence electrons. The van der Waals surface area contributed by atoms with E-state index in [9.17, 15) is 13.2 Å². The Balaban J connectivity index is 1.62. The first-order valence-corrected chi connectivity index (χ1v) is 11.9. The number of ether oxygens (including phenoxy) is 1. The van der Waals surface area contributed by atoms with E-state index < -0.39 is 10.1 Å². The molecule has 5 rings (SSSR count). The molecule has 0 aromatic heterocycles. The predicted octanol–water partition coefficient (Wildman–Crippen LogP) is 4.06. The molecule has 6 nitrogen and oxygen atoms in total. The van der Waals surface area contributed by atoms with Crippen molar-refractivity contribution in [1.29, 1.82) is 0 Å². The quantitative estimate of drug-likeness (QED) is 0.428. The Bertz CT molecular complexity index is 1310. The van der Waals surface area contributed by atoms with Crippen LogP contribution in [0.2, 0.25) is 0 Å². The molecule has 3 aromatic rings. The van der Waals surface area contributed by atoms with E-state index in [1.807, 2.05) is 26.1 Å². The van der Waals surface area contributed by atoms with Gasteiger partial charge in [0.1, 0.15) is 11.0 Å². The molecule has 0 radical (unpaired) electrons. The van der Waals surface area contributed by atoms with Crippen molar-refractivity contribution in [1.82, 2.24) is 4.90 Å². The molecule has 0 bridgehead atoms. The summed E-state index contributed by atoms with van der Waals surface area (Å²) in [5.41, 5.74) is 3.10. The normalized spacial score (nSPS) is 17.8. The largest absolute Gasteiger partial charge is 0.485 e. The third-order valence-corrected chi connectivity index (χ3v) is 7.19. The zero-order chi connectivity index (χ0) is 22.5. The number of fused-ring (bicyclic) bond motifs is 3. The fourth-order valence-corrected chi connectivity index (χ4v) is 5.22. The van der Waals surface area contributed by atoms with Crippen molar-refractivity contribution in [3.05, 3.63) is 77.4 Å². The van der Waals surface area contributed by atoms with Crippen LogP contribution in [0, 0.1) is 6.92 Å². The van der Waals surface area contributed by atoms with Gasteiger partial charge in [0.2, 0.25) is 0 Å². The van der Waals surface area contributed by atoms with Gasteiger partial charge in [-0.2, -0.15) is 8.42 Å². The second-order valence-corrected chi connectivity index (χ2v) is 9.88. The van der Waals surface area contributed by atoms with Gasteiger partial charge in [-0.1, -0.05) is 42.0 Å². The molecule has 0 amide bonds. The highest BCUT2D eigenvalue weighted by Gasteiger charge is 2.35. The molecule has 0 unspecified atom stereocenters. The van der Waals surface area contributed by atoms with Crippen LogP contribution >= 0.6 is 0 Å². The lowest BCUT2D eigenvalue weighted by molar-refractivity contribution is 0.104. The maximum absolute atomic E-state index is 13.3. The summed E-state index contributed by atoms with van der Waals surface area (Å²) >= 11 is 0. The van der Waals surface area contributed by atoms with Gasteiger partial charge in [0, 0.05) is 18.7 Å². The van der Waals surface area contributed by atoms with Gasteiger partial charge in [-0.15, -0.1) is 0 Å². The van der Waals surface area contributed by atoms with Crippen LogP contribution in [0.25, 0.3) is 11.1 Å². The minimum Gasteiger partial charge on any atom is -0.485 e. The van der Waals surface area contributed by atoms with Gasteiger partial charge in [-0.3, -0.25) is 4.79 Å². The molecule has 1 aliphatic carbocycles. The van der Waals surface area contributed by atoms with Gasteiger partial charge < -0.3 is 13.8 Å². The van der Waals surface area contributed by atoms with Gasteiger partial charge in [0.05, 0.1) is 5.56 Å². The van der Waals surface area contributed by atoms with Gasteiger partial charge in [0.15, 0.2) is 17.3 Å². The fourth-order valence-electron chi connectivity index (χ4n) is 4.27. The molecule has 1 atom stereocenters. The number of hydrogen-bond donors (Lipinski definition) is 0. The number of carbonyl (C=O) groups excluding carboxylic acids is 1. The highest BCUT2D eigenvalue weighted by molar-refractivity contribution is 7.87. The topological polar surface area (TPSA) is 72.9 Å². The van der Waals surface area contributed by atoms with Gasteiger partial charge in [-0.25, -0.2) is 0 Å². The fraction of sp³-hybridized carbons (Fsp3) is 0.240. The monoisotopic (exact) mass is 449 g/mol. The maximum atomic E-state index is 13.3. The number of nitrogens with zero attached hydrogens (tertiary/aromatic N) is 1. The van der Waals surface area contributed by atoms with E-state index in [1.165, 1.54) is 12.1 Å². The maximum Gasteiger partial charge on any atom is 0.339 e. The van der Waals surface area contributed by atoms with Crippen LogP contribution in [-0.4, -0.2) is 45.3 Å². The van der Waals surface area contributed by atoms with Crippen molar-refractivity contribution >= 4 is 15.9 Å². The number of rotatable bonds is 5. The molecule has 7 heteroatoms. The number of aryl methyl sites for hydroxylation is 1. The lowest BCUT2D eigenvalue weighted by atomic mass is 10.1. The summed E-state index contributed by atoms with van der Waals surface area (Å²) in [6, 6.07) is 17.1. The summed E-state index contributed by atoms with van der Waals surface area (Å²) in [5.74, 6) is -0.0431. The van der Waals surface area contributed by atoms with Crippen molar-refractivity contribution in [2.75, 3.05) is 20.1 Å². The first kappa shape index (κ1) is 20.7. The zero-order valence-corrected chi connectivity index (χ0v) is 18.7. The first-order chi connectivity index (χ1) is 15.3. The smallest absolute Gasteiger partial charge is 0.339 e. The number of ketones is 1. The standard InChI is InChI=1S/C25H23NO5S/c1-16-7-9-18(10-8-16)32(28,29)31-25-22(30-17-13-14-26(2)15-17)12-11-20-19-5-3-4-6-21(19)24(27)23(20)25/h3-12,17H,13-15H2,1-2H3/t17-/m0/s1. The lowest BCUT2D eigenvalue weighted by Gasteiger charge is -2.19. The number of carbonyl (C=O) groups is 1. The molecular formula is C25H23NO5S. The minimum atomic E-state index is -4.17. The number of likely N-dealkylation sites (tertiary alicyclic amines) is 1. The van der Waals surface area contributed by atoms with E-state index in [0.29, 0.717) is 11.1 Å². The Labute approximate surface area is 187 Å². The van der Waals surface area contributed by atoms with E-state index in [0.717, 1.165) is 30.6 Å². The van der Waals surface area contributed by atoms with E-state index in [1.54, 1.807) is 36.4 Å². The van der Waals surface area contributed by atoms with Crippen LogP contribution in [-0.2, 0) is 10.1 Å². The van der Waals surface area contributed by atoms with Crippen LogP contribution < -0.4 is 8.92 Å². The molecule has 3 aromatic carbocycles. The van der Waals surface area contributed by atoms with Gasteiger partial charge >= 0.3 is 10.1 Å². The lowest BCUT2D eigenvalue weighted by Crippen LogP contribution is -2.22. The molecule has 2 aliphatic rings. The summed E-state index contributed by atoms with van der Waals surface area (Å²) in [4.78, 5) is 15.4. The van der Waals surface area contributed by atoms with Crippen molar-refractivity contribution in [2.24, 2.45) is 0 Å². The van der Waals surface area contributed by atoms with Crippen molar-refractivity contribution < 1.29 is 22.1 Å². The van der Waals surface area contributed by atoms with E-state index >= 15 is 0 Å². The molecule has 1 heterocycles. The highest BCUT2D eigenvalue weighted by Crippen LogP contribution is 2.46. The Hall–Kier alpha value is -3.16. The summed E-state index contributed by atoms with van der Waals surface area (Å²) in [6.07, 6.45) is 0.702. The van der Waals surface area contributed by atoms with E-state index in [4.69, 9.17) is 8.92 Å². The van der Waals surface area contributed by atoms with Crippen molar-refractivity contribution in [2.45, 2.75) is 24.3 Å². The van der Waals surface area contributed by atoms with Crippen LogP contribution in [0.5, 0.6) is 11.5 Å². The first-order valence-electron chi connectivity index (χ1n) is 10.5. The Kier molecular flexibility index (Phi) is 5.03. The minimum absolute atomic E-state index is 0.0233. The van der Waals surface area contributed by atoms with Crippen LogP contribution in [0.15, 0.2) is 65.6 Å². The molecule has 1 fully saturated rings. The summed E-state index contributed by atoms with van der Waals surface area (Å²) in [6.45, 7) is 3.48. The molecular weight excluding hydrogens is 426 g/mol. The average Bonchev–Trinajstić information content (AvgIpc) is 3.31. The Morgan fingerprint density at radius 1 is 0.938 bits per heavy atom. The van der Waals surface area contributed by atoms with Crippen molar-refractivity contribution in [3.8, 4) is 22.6 Å². The van der Waals surface area contributed by atoms with Gasteiger partial charge in [0.25, 0.3) is 0 Å². The second-order valence-electron chi connectivity index (χ2n) is 8.33. The summed E-state index contributed by atoms with van der Waals surface area (Å²) in [5, 5.41) is 0.